The predicted octanol–water partition coefficient (Wildman–Crippen LogP) is 3.69. The van der Waals surface area contributed by atoms with E-state index in [-0.39, 0.29) is 24.0 Å². The molecule has 0 radical (unpaired) electrons. The molecule has 0 saturated carbocycles. The summed E-state index contributed by atoms with van der Waals surface area (Å²) in [5, 5.41) is 6.31. The van der Waals surface area contributed by atoms with Crippen LogP contribution in [-0.4, -0.2) is 26.1 Å². The summed E-state index contributed by atoms with van der Waals surface area (Å²) in [4.78, 5) is 4.08. The highest BCUT2D eigenvalue weighted by Gasteiger charge is 2.29. The molecule has 0 amide bonds. The van der Waals surface area contributed by atoms with E-state index in [0.29, 0.717) is 24.8 Å². The molecular weight excluding hydrogens is 406 g/mol. The Bertz CT molecular complexity index is 456. The Kier molecular flexibility index (Phi) is 9.47. The van der Waals surface area contributed by atoms with Crippen LogP contribution in [0, 0.1) is 5.92 Å². The third kappa shape index (κ3) is 7.86. The first-order chi connectivity index (χ1) is 9.82. The predicted molar refractivity (Wildman–Crippen MR) is 94.8 cm³/mol. The van der Waals surface area contributed by atoms with Gasteiger partial charge in [-0.3, -0.25) is 4.99 Å². The summed E-state index contributed by atoms with van der Waals surface area (Å²) in [5.74, 6) is 1.22. The van der Waals surface area contributed by atoms with E-state index < -0.39 is 11.7 Å². The molecule has 22 heavy (non-hydrogen) atoms. The summed E-state index contributed by atoms with van der Waals surface area (Å²) >= 11 is 0. The second-order valence-electron chi connectivity index (χ2n) is 5.22. The van der Waals surface area contributed by atoms with E-state index in [9.17, 15) is 13.2 Å². The Morgan fingerprint density at radius 2 is 1.73 bits per heavy atom. The van der Waals surface area contributed by atoms with E-state index >= 15 is 0 Å². The molecule has 0 aliphatic carbocycles. The molecule has 0 saturated heterocycles. The van der Waals surface area contributed by atoms with Crippen LogP contribution in [0.5, 0.6) is 0 Å². The number of alkyl halides is 3. The van der Waals surface area contributed by atoms with Gasteiger partial charge in [-0.25, -0.2) is 0 Å². The quantitative estimate of drug-likeness (QED) is 0.426. The zero-order valence-electron chi connectivity index (χ0n) is 13.0. The lowest BCUT2D eigenvalue weighted by atomic mass is 10.1. The summed E-state index contributed by atoms with van der Waals surface area (Å²) in [6.07, 6.45) is -3.64. The van der Waals surface area contributed by atoms with Gasteiger partial charge in [0.2, 0.25) is 0 Å². The lowest BCUT2D eigenvalue weighted by Crippen LogP contribution is -2.39. The summed E-state index contributed by atoms with van der Waals surface area (Å²) in [6.45, 7) is 5.63. The molecule has 0 aliphatic rings. The standard InChI is InChI=1S/C15H22F3N3.HI/c1-11(2)10-21-14(19-3)20-9-8-12-4-6-13(7-5-12)15(16,17)18;/h4-7,11H,8-10H2,1-3H3,(H2,19,20,21);1H. The highest BCUT2D eigenvalue weighted by Crippen LogP contribution is 2.29. The lowest BCUT2D eigenvalue weighted by molar-refractivity contribution is -0.137. The van der Waals surface area contributed by atoms with E-state index in [1.165, 1.54) is 12.1 Å². The molecule has 1 rings (SSSR count). The van der Waals surface area contributed by atoms with Gasteiger partial charge in [0, 0.05) is 20.1 Å². The van der Waals surface area contributed by atoms with Gasteiger partial charge in [0.15, 0.2) is 5.96 Å². The molecule has 0 unspecified atom stereocenters. The van der Waals surface area contributed by atoms with Crippen molar-refractivity contribution in [3.63, 3.8) is 0 Å². The highest BCUT2D eigenvalue weighted by molar-refractivity contribution is 14.0. The van der Waals surface area contributed by atoms with Crippen LogP contribution in [0.4, 0.5) is 13.2 Å². The van der Waals surface area contributed by atoms with Gasteiger partial charge < -0.3 is 10.6 Å². The van der Waals surface area contributed by atoms with Crippen molar-refractivity contribution in [1.82, 2.24) is 10.6 Å². The Morgan fingerprint density at radius 3 is 2.18 bits per heavy atom. The minimum Gasteiger partial charge on any atom is -0.356 e. The van der Waals surface area contributed by atoms with Crippen LogP contribution in [0.3, 0.4) is 0 Å². The Labute approximate surface area is 146 Å². The van der Waals surface area contributed by atoms with Gasteiger partial charge >= 0.3 is 6.18 Å². The second kappa shape index (κ2) is 9.91. The van der Waals surface area contributed by atoms with E-state index in [4.69, 9.17) is 0 Å². The van der Waals surface area contributed by atoms with Crippen LogP contribution in [0.15, 0.2) is 29.3 Å². The average molecular weight is 429 g/mol. The SMILES string of the molecule is CN=C(NCCc1ccc(C(F)(F)F)cc1)NCC(C)C.I. The topological polar surface area (TPSA) is 36.4 Å². The van der Waals surface area contributed by atoms with Gasteiger partial charge in [-0.05, 0) is 30.0 Å². The smallest absolute Gasteiger partial charge is 0.356 e. The van der Waals surface area contributed by atoms with Gasteiger partial charge in [-0.2, -0.15) is 13.2 Å². The van der Waals surface area contributed by atoms with Crippen LogP contribution < -0.4 is 10.6 Å². The fourth-order valence-electron chi connectivity index (χ4n) is 1.71. The maximum Gasteiger partial charge on any atom is 0.416 e. The summed E-state index contributed by atoms with van der Waals surface area (Å²) in [5.41, 5.74) is 0.239. The minimum absolute atomic E-state index is 0. The zero-order valence-corrected chi connectivity index (χ0v) is 15.3. The summed E-state index contributed by atoms with van der Waals surface area (Å²) < 4.78 is 37.3. The van der Waals surface area contributed by atoms with Crippen LogP contribution in [0.2, 0.25) is 0 Å². The Balaban J connectivity index is 0.00000441. The number of benzene rings is 1. The van der Waals surface area contributed by atoms with Gasteiger partial charge in [0.1, 0.15) is 0 Å². The first kappa shape index (κ1) is 21.0. The molecule has 0 bridgehead atoms. The molecule has 0 aliphatic heterocycles. The number of nitrogens with one attached hydrogen (secondary N) is 2. The number of rotatable bonds is 5. The van der Waals surface area contributed by atoms with Crippen LogP contribution in [-0.2, 0) is 12.6 Å². The highest BCUT2D eigenvalue weighted by atomic mass is 127. The molecule has 3 nitrogen and oxygen atoms in total. The molecule has 0 fully saturated rings. The van der Waals surface area contributed by atoms with E-state index in [0.717, 1.165) is 24.2 Å². The van der Waals surface area contributed by atoms with Crippen molar-refractivity contribution in [2.75, 3.05) is 20.1 Å². The third-order valence-corrected chi connectivity index (χ3v) is 2.89. The van der Waals surface area contributed by atoms with E-state index in [2.05, 4.69) is 29.5 Å². The first-order valence-electron chi connectivity index (χ1n) is 6.93. The largest absolute Gasteiger partial charge is 0.416 e. The van der Waals surface area contributed by atoms with Crippen molar-refractivity contribution in [3.8, 4) is 0 Å². The fourth-order valence-corrected chi connectivity index (χ4v) is 1.71. The molecular formula is C15H23F3IN3. The zero-order chi connectivity index (χ0) is 15.9. The number of nitrogens with zero attached hydrogens (tertiary/aromatic N) is 1. The maximum absolute atomic E-state index is 12.4. The van der Waals surface area contributed by atoms with Crippen molar-refractivity contribution in [2.24, 2.45) is 10.9 Å². The minimum atomic E-state index is -4.28. The summed E-state index contributed by atoms with van der Waals surface area (Å²) in [7, 11) is 1.69. The number of guanidine groups is 1. The van der Waals surface area contributed by atoms with E-state index in [1.807, 2.05) is 0 Å². The molecule has 0 aromatic heterocycles. The van der Waals surface area contributed by atoms with Gasteiger partial charge in [-0.15, -0.1) is 24.0 Å². The van der Waals surface area contributed by atoms with Gasteiger partial charge in [0.25, 0.3) is 0 Å². The Morgan fingerprint density at radius 1 is 1.14 bits per heavy atom. The summed E-state index contributed by atoms with van der Waals surface area (Å²) in [6, 6.07) is 5.24. The fraction of sp³-hybridized carbons (Fsp3) is 0.533. The van der Waals surface area contributed by atoms with Crippen molar-refractivity contribution >= 4 is 29.9 Å². The van der Waals surface area contributed by atoms with Crippen LogP contribution in [0.1, 0.15) is 25.0 Å². The van der Waals surface area contributed by atoms with Crippen LogP contribution >= 0.6 is 24.0 Å². The van der Waals surface area contributed by atoms with Crippen molar-refractivity contribution < 1.29 is 13.2 Å². The van der Waals surface area contributed by atoms with Crippen LogP contribution in [0.25, 0.3) is 0 Å². The third-order valence-electron chi connectivity index (χ3n) is 2.89. The number of hydrogen-bond donors (Lipinski definition) is 2. The molecule has 1 aromatic rings. The average Bonchev–Trinajstić information content (AvgIpc) is 2.42. The molecule has 0 heterocycles. The van der Waals surface area contributed by atoms with Gasteiger partial charge in [-0.1, -0.05) is 26.0 Å². The number of aliphatic imine (C=N–C) groups is 1. The molecule has 0 atom stereocenters. The first-order valence-corrected chi connectivity index (χ1v) is 6.93. The molecule has 2 N–H and O–H groups in total. The molecule has 7 heteroatoms. The monoisotopic (exact) mass is 429 g/mol. The van der Waals surface area contributed by atoms with Crippen molar-refractivity contribution in [1.29, 1.82) is 0 Å². The van der Waals surface area contributed by atoms with Crippen molar-refractivity contribution in [3.05, 3.63) is 35.4 Å². The van der Waals surface area contributed by atoms with Gasteiger partial charge in [0.05, 0.1) is 5.56 Å². The second-order valence-corrected chi connectivity index (χ2v) is 5.22. The molecule has 0 spiro atoms. The Hall–Kier alpha value is -0.990. The molecule has 1 aromatic carbocycles. The molecule has 126 valence electrons. The number of halogens is 4. The normalized spacial score (nSPS) is 12.0. The maximum atomic E-state index is 12.4. The van der Waals surface area contributed by atoms with E-state index in [1.54, 1.807) is 7.05 Å². The number of hydrogen-bond acceptors (Lipinski definition) is 1. The van der Waals surface area contributed by atoms with Crippen molar-refractivity contribution in [2.45, 2.75) is 26.4 Å². The lowest BCUT2D eigenvalue weighted by Gasteiger charge is -2.13.